The summed E-state index contributed by atoms with van der Waals surface area (Å²) in [6, 6.07) is 19.4. The SMILES string of the molecule is C[C@@H]1C(OS(C)(=O)=O)[C@@H](Sc2ccccc2)OC2COC(c3ccccc3)O[C@@H]21. The molecule has 0 spiro atoms. The smallest absolute Gasteiger partial charge is 0.264 e. The molecule has 0 aromatic heterocycles. The Morgan fingerprint density at radius 1 is 1.00 bits per heavy atom. The number of benzene rings is 2. The van der Waals surface area contributed by atoms with Crippen LogP contribution in [0.15, 0.2) is 65.6 Å². The molecule has 29 heavy (non-hydrogen) atoms. The summed E-state index contributed by atoms with van der Waals surface area (Å²) in [4.78, 5) is 0.977. The van der Waals surface area contributed by atoms with Crippen LogP contribution in [-0.2, 0) is 28.5 Å². The molecule has 2 heterocycles. The van der Waals surface area contributed by atoms with Gasteiger partial charge in [-0.1, -0.05) is 67.2 Å². The minimum atomic E-state index is -3.67. The zero-order valence-electron chi connectivity index (χ0n) is 16.2. The molecule has 156 valence electrons. The number of hydrogen-bond acceptors (Lipinski definition) is 7. The predicted octanol–water partition coefficient (Wildman–Crippen LogP) is 3.60. The highest BCUT2D eigenvalue weighted by Crippen LogP contribution is 2.42. The van der Waals surface area contributed by atoms with E-state index in [2.05, 4.69) is 0 Å². The second-order valence-electron chi connectivity index (χ2n) is 7.27. The molecule has 8 heteroatoms. The summed E-state index contributed by atoms with van der Waals surface area (Å²) >= 11 is 1.45. The van der Waals surface area contributed by atoms with Gasteiger partial charge in [0, 0.05) is 16.4 Å². The normalized spacial score (nSPS) is 32.5. The van der Waals surface area contributed by atoms with Gasteiger partial charge in [0.1, 0.15) is 17.6 Å². The van der Waals surface area contributed by atoms with Crippen LogP contribution in [-0.4, -0.2) is 45.0 Å². The Kier molecular flexibility index (Phi) is 6.29. The monoisotopic (exact) mass is 436 g/mol. The molecule has 0 bridgehead atoms. The van der Waals surface area contributed by atoms with Gasteiger partial charge in [-0.25, -0.2) is 0 Å². The lowest BCUT2D eigenvalue weighted by Gasteiger charge is -2.48. The van der Waals surface area contributed by atoms with Crippen molar-refractivity contribution in [1.29, 1.82) is 0 Å². The number of ether oxygens (including phenoxy) is 3. The quantitative estimate of drug-likeness (QED) is 0.663. The fourth-order valence-electron chi connectivity index (χ4n) is 3.66. The molecule has 0 saturated carbocycles. The Balaban J connectivity index is 1.56. The van der Waals surface area contributed by atoms with E-state index in [0.717, 1.165) is 16.7 Å². The molecule has 0 N–H and O–H groups in total. The topological polar surface area (TPSA) is 71.1 Å². The second kappa shape index (κ2) is 8.75. The van der Waals surface area contributed by atoms with Gasteiger partial charge < -0.3 is 14.2 Å². The number of thioether (sulfide) groups is 1. The van der Waals surface area contributed by atoms with Gasteiger partial charge in [-0.05, 0) is 12.1 Å². The Bertz CT molecular complexity index is 905. The molecule has 0 radical (unpaired) electrons. The summed E-state index contributed by atoms with van der Waals surface area (Å²) in [6.07, 6.45) is -0.765. The molecule has 2 aromatic carbocycles. The van der Waals surface area contributed by atoms with E-state index in [1.807, 2.05) is 67.6 Å². The molecule has 2 fully saturated rings. The third-order valence-electron chi connectivity index (χ3n) is 5.03. The molecule has 2 aromatic rings. The highest BCUT2D eigenvalue weighted by Gasteiger charge is 2.49. The predicted molar refractivity (Wildman–Crippen MR) is 110 cm³/mol. The zero-order chi connectivity index (χ0) is 20.4. The summed E-state index contributed by atoms with van der Waals surface area (Å²) < 4.78 is 47.7. The first-order chi connectivity index (χ1) is 13.9. The Morgan fingerprint density at radius 3 is 2.31 bits per heavy atom. The van der Waals surface area contributed by atoms with E-state index in [4.69, 9.17) is 18.4 Å². The largest absolute Gasteiger partial charge is 0.356 e. The van der Waals surface area contributed by atoms with Gasteiger partial charge in [0.25, 0.3) is 10.1 Å². The third kappa shape index (κ3) is 5.02. The van der Waals surface area contributed by atoms with Crippen molar-refractivity contribution >= 4 is 21.9 Å². The van der Waals surface area contributed by atoms with Crippen LogP contribution in [0, 0.1) is 5.92 Å². The van der Waals surface area contributed by atoms with Crippen molar-refractivity contribution in [3.63, 3.8) is 0 Å². The van der Waals surface area contributed by atoms with Crippen molar-refractivity contribution in [2.75, 3.05) is 12.9 Å². The third-order valence-corrected chi connectivity index (χ3v) is 6.75. The number of rotatable bonds is 5. The van der Waals surface area contributed by atoms with Crippen LogP contribution in [0.5, 0.6) is 0 Å². The van der Waals surface area contributed by atoms with Crippen LogP contribution in [0.4, 0.5) is 0 Å². The van der Waals surface area contributed by atoms with Crippen molar-refractivity contribution in [2.45, 2.75) is 41.9 Å². The van der Waals surface area contributed by atoms with Gasteiger partial charge in [-0.15, -0.1) is 0 Å². The highest BCUT2D eigenvalue weighted by atomic mass is 32.2. The second-order valence-corrected chi connectivity index (χ2v) is 10.0. The van der Waals surface area contributed by atoms with Gasteiger partial charge >= 0.3 is 0 Å². The lowest BCUT2D eigenvalue weighted by atomic mass is 9.91. The Labute approximate surface area is 175 Å². The fourth-order valence-corrected chi connectivity index (χ4v) is 5.63. The van der Waals surface area contributed by atoms with Crippen molar-refractivity contribution in [3.8, 4) is 0 Å². The summed E-state index contributed by atoms with van der Waals surface area (Å²) in [6.45, 7) is 2.31. The number of hydrogen-bond donors (Lipinski definition) is 0. The zero-order valence-corrected chi connectivity index (χ0v) is 17.8. The van der Waals surface area contributed by atoms with Gasteiger partial charge in [0.05, 0.1) is 19.0 Å². The van der Waals surface area contributed by atoms with Crippen LogP contribution >= 0.6 is 11.8 Å². The van der Waals surface area contributed by atoms with Crippen molar-refractivity contribution < 1.29 is 26.8 Å². The van der Waals surface area contributed by atoms with Gasteiger partial charge in [-0.2, -0.15) is 8.42 Å². The van der Waals surface area contributed by atoms with Gasteiger partial charge in [-0.3, -0.25) is 4.18 Å². The molecule has 4 rings (SSSR count). The van der Waals surface area contributed by atoms with Crippen LogP contribution in [0.2, 0.25) is 0 Å². The molecule has 0 amide bonds. The maximum absolute atomic E-state index is 11.9. The first-order valence-corrected chi connectivity index (χ1v) is 12.2. The number of fused-ring (bicyclic) bond motifs is 1. The van der Waals surface area contributed by atoms with E-state index in [0.29, 0.717) is 6.61 Å². The van der Waals surface area contributed by atoms with Crippen LogP contribution < -0.4 is 0 Å². The van der Waals surface area contributed by atoms with E-state index in [9.17, 15) is 8.42 Å². The maximum atomic E-state index is 11.9. The molecule has 2 aliphatic heterocycles. The van der Waals surface area contributed by atoms with Crippen molar-refractivity contribution in [2.24, 2.45) is 5.92 Å². The standard InChI is InChI=1S/C21H24O6S2/c1-14-18-17(13-24-20(26-18)15-9-5-3-6-10-15)25-21(19(14)27-29(2,22)23)28-16-11-7-4-8-12-16/h3-12,14,17-21H,13H2,1-2H3/t14-,17?,18+,19?,20?,21+/m0/s1. The summed E-state index contributed by atoms with van der Waals surface area (Å²) in [7, 11) is -3.67. The molecule has 2 aliphatic rings. The molecule has 2 saturated heterocycles. The van der Waals surface area contributed by atoms with Gasteiger partial charge in [0.15, 0.2) is 6.29 Å². The van der Waals surface area contributed by atoms with Gasteiger partial charge in [0.2, 0.25) is 0 Å². The molecule has 3 unspecified atom stereocenters. The molecule has 6 nitrogen and oxygen atoms in total. The minimum Gasteiger partial charge on any atom is -0.356 e. The molecular formula is C21H24O6S2. The first kappa shape index (κ1) is 20.8. The first-order valence-electron chi connectivity index (χ1n) is 9.48. The van der Waals surface area contributed by atoms with Crippen LogP contribution in [0.1, 0.15) is 18.8 Å². The maximum Gasteiger partial charge on any atom is 0.264 e. The average Bonchev–Trinajstić information content (AvgIpc) is 2.71. The minimum absolute atomic E-state index is 0.209. The van der Waals surface area contributed by atoms with E-state index < -0.39 is 27.9 Å². The molecule has 0 aliphatic carbocycles. The highest BCUT2D eigenvalue weighted by molar-refractivity contribution is 7.99. The van der Waals surface area contributed by atoms with E-state index in [1.54, 1.807) is 0 Å². The van der Waals surface area contributed by atoms with Crippen LogP contribution in [0.25, 0.3) is 0 Å². The summed E-state index contributed by atoms with van der Waals surface area (Å²) in [5.74, 6) is -0.209. The Hall–Kier alpha value is -1.42. The summed E-state index contributed by atoms with van der Waals surface area (Å²) in [5.41, 5.74) is 0.420. The van der Waals surface area contributed by atoms with E-state index in [-0.39, 0.29) is 18.1 Å². The lowest BCUT2D eigenvalue weighted by molar-refractivity contribution is -0.305. The van der Waals surface area contributed by atoms with E-state index >= 15 is 0 Å². The molecule has 6 atom stereocenters. The Morgan fingerprint density at radius 2 is 1.66 bits per heavy atom. The van der Waals surface area contributed by atoms with Crippen LogP contribution in [0.3, 0.4) is 0 Å². The lowest BCUT2D eigenvalue weighted by Crippen LogP contribution is -2.58. The fraction of sp³-hybridized carbons (Fsp3) is 0.429. The van der Waals surface area contributed by atoms with E-state index in [1.165, 1.54) is 11.8 Å². The van der Waals surface area contributed by atoms with Crippen molar-refractivity contribution in [1.82, 2.24) is 0 Å². The molecular weight excluding hydrogens is 412 g/mol. The van der Waals surface area contributed by atoms with Crippen molar-refractivity contribution in [3.05, 3.63) is 66.2 Å². The summed E-state index contributed by atoms with van der Waals surface area (Å²) in [5, 5.41) is 0. The average molecular weight is 437 g/mol.